The van der Waals surface area contributed by atoms with E-state index in [2.05, 4.69) is 19.2 Å². The van der Waals surface area contributed by atoms with Crippen LogP contribution in [0.4, 0.5) is 5.69 Å². The maximum absolute atomic E-state index is 11.1. The molecule has 0 saturated carbocycles. The van der Waals surface area contributed by atoms with Gasteiger partial charge >= 0.3 is 0 Å². The molecule has 19 heavy (non-hydrogen) atoms. The van der Waals surface area contributed by atoms with Gasteiger partial charge in [-0.2, -0.15) is 0 Å². The van der Waals surface area contributed by atoms with Crippen LogP contribution in [0.2, 0.25) is 5.02 Å². The summed E-state index contributed by atoms with van der Waals surface area (Å²) in [6, 6.07) is 4.98. The largest absolute Gasteiger partial charge is 0.313 e. The molecule has 1 aromatic rings. The van der Waals surface area contributed by atoms with E-state index in [1.807, 2.05) is 6.92 Å². The molecule has 0 fully saturated rings. The van der Waals surface area contributed by atoms with E-state index in [0.717, 1.165) is 19.4 Å². The molecular weight excluding hydrogens is 264 g/mol. The zero-order valence-electron chi connectivity index (χ0n) is 11.6. The topological polar surface area (TPSA) is 55.2 Å². The summed E-state index contributed by atoms with van der Waals surface area (Å²) in [4.78, 5) is 10.8. The highest BCUT2D eigenvalue weighted by Gasteiger charge is 2.24. The quantitative estimate of drug-likeness (QED) is 0.605. The lowest BCUT2D eigenvalue weighted by molar-refractivity contribution is -0.385. The third kappa shape index (κ3) is 4.18. The van der Waals surface area contributed by atoms with Crippen molar-refractivity contribution in [3.05, 3.63) is 38.9 Å². The van der Waals surface area contributed by atoms with Crippen LogP contribution in [-0.4, -0.2) is 17.5 Å². The lowest BCUT2D eigenvalue weighted by Gasteiger charge is -2.24. The Kier molecular flexibility index (Phi) is 6.25. The Labute approximate surface area is 119 Å². The summed E-state index contributed by atoms with van der Waals surface area (Å²) >= 11 is 5.97. The van der Waals surface area contributed by atoms with Crippen molar-refractivity contribution in [1.29, 1.82) is 0 Å². The monoisotopic (exact) mass is 284 g/mol. The van der Waals surface area contributed by atoms with E-state index in [4.69, 9.17) is 11.6 Å². The van der Waals surface area contributed by atoms with Gasteiger partial charge in [0.15, 0.2) is 0 Å². The molecule has 1 rings (SSSR count). The summed E-state index contributed by atoms with van der Waals surface area (Å²) in [5.74, 6) is 0.0515. The predicted molar refractivity (Wildman–Crippen MR) is 78.9 cm³/mol. The van der Waals surface area contributed by atoms with Gasteiger partial charge in [-0.3, -0.25) is 10.1 Å². The van der Waals surface area contributed by atoms with Crippen LogP contribution in [0.5, 0.6) is 0 Å². The second-order valence-corrected chi connectivity index (χ2v) is 5.15. The highest BCUT2D eigenvalue weighted by molar-refractivity contribution is 6.30. The summed E-state index contributed by atoms with van der Waals surface area (Å²) in [5, 5.41) is 15.1. The Balaban J connectivity index is 3.05. The lowest BCUT2D eigenvalue weighted by atomic mass is 9.90. The van der Waals surface area contributed by atoms with E-state index >= 15 is 0 Å². The van der Waals surface area contributed by atoms with Crippen LogP contribution < -0.4 is 5.32 Å². The molecule has 0 aromatic heterocycles. The summed E-state index contributed by atoms with van der Waals surface area (Å²) in [5.41, 5.74) is 0.849. The van der Waals surface area contributed by atoms with Gasteiger partial charge in [0, 0.05) is 28.6 Å². The van der Waals surface area contributed by atoms with E-state index < -0.39 is 0 Å². The summed E-state index contributed by atoms with van der Waals surface area (Å²) in [7, 11) is 0. The SMILES string of the molecule is CCCNC(CC)C(C)c1cc(Cl)ccc1[N+](=O)[O-]. The van der Waals surface area contributed by atoms with Crippen molar-refractivity contribution >= 4 is 17.3 Å². The molecule has 0 amide bonds. The van der Waals surface area contributed by atoms with Gasteiger partial charge in [-0.15, -0.1) is 0 Å². The fourth-order valence-electron chi connectivity index (χ4n) is 2.28. The van der Waals surface area contributed by atoms with Gasteiger partial charge in [0.1, 0.15) is 0 Å². The van der Waals surface area contributed by atoms with Gasteiger partial charge in [-0.05, 0) is 31.5 Å². The molecule has 0 aliphatic carbocycles. The third-order valence-corrected chi connectivity index (χ3v) is 3.61. The molecule has 0 bridgehead atoms. The lowest BCUT2D eigenvalue weighted by Crippen LogP contribution is -2.34. The molecular formula is C14H21ClN2O2. The van der Waals surface area contributed by atoms with Gasteiger partial charge in [-0.1, -0.05) is 32.4 Å². The predicted octanol–water partition coefficient (Wildman–Crippen LogP) is 4.13. The van der Waals surface area contributed by atoms with Crippen LogP contribution in [0.1, 0.15) is 45.1 Å². The molecule has 0 aliphatic rings. The standard InChI is InChI=1S/C14H21ClN2O2/c1-4-8-16-13(5-2)10(3)12-9-11(15)6-7-14(12)17(18)19/h6-7,9-10,13,16H,4-5,8H2,1-3H3. The van der Waals surface area contributed by atoms with Crippen molar-refractivity contribution in [3.63, 3.8) is 0 Å². The minimum atomic E-state index is -0.339. The molecule has 0 radical (unpaired) electrons. The van der Waals surface area contributed by atoms with Crippen LogP contribution in [0.3, 0.4) is 0 Å². The van der Waals surface area contributed by atoms with Crippen molar-refractivity contribution < 1.29 is 4.92 Å². The van der Waals surface area contributed by atoms with E-state index in [1.54, 1.807) is 12.1 Å². The average Bonchev–Trinajstić information content (AvgIpc) is 2.38. The number of hydrogen-bond donors (Lipinski definition) is 1. The van der Waals surface area contributed by atoms with Gasteiger partial charge in [0.05, 0.1) is 4.92 Å². The first-order valence-corrected chi connectivity index (χ1v) is 7.06. The first-order valence-electron chi connectivity index (χ1n) is 6.68. The first kappa shape index (κ1) is 15.9. The number of hydrogen-bond acceptors (Lipinski definition) is 3. The minimum Gasteiger partial charge on any atom is -0.313 e. The zero-order valence-corrected chi connectivity index (χ0v) is 12.4. The van der Waals surface area contributed by atoms with Crippen molar-refractivity contribution in [1.82, 2.24) is 5.32 Å². The highest BCUT2D eigenvalue weighted by Crippen LogP contribution is 2.32. The third-order valence-electron chi connectivity index (χ3n) is 3.38. The van der Waals surface area contributed by atoms with Gasteiger partial charge in [0.2, 0.25) is 0 Å². The fraction of sp³-hybridized carbons (Fsp3) is 0.571. The molecule has 5 heteroatoms. The average molecular weight is 285 g/mol. The number of nitro benzene ring substituents is 1. The molecule has 2 unspecified atom stereocenters. The van der Waals surface area contributed by atoms with E-state index in [-0.39, 0.29) is 22.6 Å². The normalized spacial score (nSPS) is 14.1. The molecule has 4 nitrogen and oxygen atoms in total. The fourth-order valence-corrected chi connectivity index (χ4v) is 2.46. The van der Waals surface area contributed by atoms with Gasteiger partial charge < -0.3 is 5.32 Å². The Morgan fingerprint density at radius 3 is 2.63 bits per heavy atom. The van der Waals surface area contributed by atoms with Crippen LogP contribution in [0.25, 0.3) is 0 Å². The number of nitro groups is 1. The number of nitrogens with zero attached hydrogens (tertiary/aromatic N) is 1. The summed E-state index contributed by atoms with van der Waals surface area (Å²) < 4.78 is 0. The van der Waals surface area contributed by atoms with Gasteiger partial charge in [0.25, 0.3) is 5.69 Å². The maximum atomic E-state index is 11.1. The molecule has 2 atom stereocenters. The van der Waals surface area contributed by atoms with Crippen LogP contribution in [0.15, 0.2) is 18.2 Å². The van der Waals surface area contributed by atoms with Crippen LogP contribution >= 0.6 is 11.6 Å². The molecule has 0 saturated heterocycles. The molecule has 0 heterocycles. The zero-order chi connectivity index (χ0) is 14.4. The molecule has 1 aromatic carbocycles. The number of nitrogens with one attached hydrogen (secondary N) is 1. The van der Waals surface area contributed by atoms with E-state index in [1.165, 1.54) is 6.07 Å². The van der Waals surface area contributed by atoms with Crippen LogP contribution in [-0.2, 0) is 0 Å². The second-order valence-electron chi connectivity index (χ2n) is 4.72. The summed E-state index contributed by atoms with van der Waals surface area (Å²) in [6.07, 6.45) is 1.96. The Bertz CT molecular complexity index is 437. The van der Waals surface area contributed by atoms with E-state index in [9.17, 15) is 10.1 Å². The van der Waals surface area contributed by atoms with Crippen molar-refractivity contribution in [3.8, 4) is 0 Å². The minimum absolute atomic E-state index is 0.0515. The van der Waals surface area contributed by atoms with E-state index in [0.29, 0.717) is 10.6 Å². The van der Waals surface area contributed by atoms with Crippen LogP contribution in [0, 0.1) is 10.1 Å². The molecule has 106 valence electrons. The van der Waals surface area contributed by atoms with Crippen molar-refractivity contribution in [2.24, 2.45) is 0 Å². The smallest absolute Gasteiger partial charge is 0.273 e. The highest BCUT2D eigenvalue weighted by atomic mass is 35.5. The van der Waals surface area contributed by atoms with Crippen molar-refractivity contribution in [2.75, 3.05) is 6.54 Å². The molecule has 0 aliphatic heterocycles. The Morgan fingerprint density at radius 1 is 1.42 bits per heavy atom. The summed E-state index contributed by atoms with van der Waals surface area (Å²) in [6.45, 7) is 7.11. The first-order chi connectivity index (χ1) is 9.01. The molecule has 1 N–H and O–H groups in total. The Morgan fingerprint density at radius 2 is 2.11 bits per heavy atom. The second kappa shape index (κ2) is 7.46. The number of rotatable bonds is 7. The molecule has 0 spiro atoms. The van der Waals surface area contributed by atoms with Gasteiger partial charge in [-0.25, -0.2) is 0 Å². The number of halogens is 1. The maximum Gasteiger partial charge on any atom is 0.273 e. The number of benzene rings is 1. The Hall–Kier alpha value is -1.13. The van der Waals surface area contributed by atoms with Crippen molar-refractivity contribution in [2.45, 2.75) is 45.6 Å².